The molecule has 0 aliphatic carbocycles. The Labute approximate surface area is 153 Å². The van der Waals surface area contributed by atoms with Gasteiger partial charge in [0.1, 0.15) is 17.6 Å². The Balaban J connectivity index is 2.01. The van der Waals surface area contributed by atoms with Gasteiger partial charge in [-0.1, -0.05) is 57.2 Å². The minimum Gasteiger partial charge on any atom is -0.493 e. The second kappa shape index (κ2) is 8.94. The lowest BCUT2D eigenvalue weighted by atomic mass is 9.94. The molecule has 25 heavy (non-hydrogen) atoms. The summed E-state index contributed by atoms with van der Waals surface area (Å²) in [6.07, 6.45) is 8.46. The first-order valence-electron chi connectivity index (χ1n) is 9.29. The van der Waals surface area contributed by atoms with Gasteiger partial charge in [0.05, 0.1) is 6.61 Å². The van der Waals surface area contributed by atoms with Crippen molar-refractivity contribution in [1.29, 1.82) is 0 Å². The fourth-order valence-corrected chi connectivity index (χ4v) is 3.18. The predicted molar refractivity (Wildman–Crippen MR) is 107 cm³/mol. The highest BCUT2D eigenvalue weighted by atomic mass is 16.5. The van der Waals surface area contributed by atoms with Crippen molar-refractivity contribution in [3.05, 3.63) is 59.4 Å². The highest BCUT2D eigenvalue weighted by Crippen LogP contribution is 2.27. The zero-order chi connectivity index (χ0) is 18.4. The lowest BCUT2D eigenvalue weighted by molar-refractivity contribution is 0.0766. The van der Waals surface area contributed by atoms with Gasteiger partial charge in [0, 0.05) is 12.3 Å². The molecule has 0 saturated heterocycles. The van der Waals surface area contributed by atoms with Crippen molar-refractivity contribution in [2.75, 3.05) is 6.61 Å². The van der Waals surface area contributed by atoms with Gasteiger partial charge in [-0.3, -0.25) is 0 Å². The molecular weight excluding hydrogens is 308 g/mol. The van der Waals surface area contributed by atoms with Crippen LogP contribution in [0.15, 0.2) is 48.3 Å². The first kappa shape index (κ1) is 19.4. The minimum absolute atomic E-state index is 0.149. The molecule has 0 saturated carbocycles. The van der Waals surface area contributed by atoms with Crippen LogP contribution in [0.1, 0.15) is 52.2 Å². The summed E-state index contributed by atoms with van der Waals surface area (Å²) in [5.74, 6) is 2.67. The van der Waals surface area contributed by atoms with Crippen molar-refractivity contribution in [2.24, 2.45) is 11.8 Å². The van der Waals surface area contributed by atoms with Crippen LogP contribution in [-0.2, 0) is 11.2 Å². The second-order valence-electron chi connectivity index (χ2n) is 7.65. The molecule has 0 fully saturated rings. The molecule has 1 aromatic carbocycles. The third-order valence-electron chi connectivity index (χ3n) is 4.37. The first-order valence-corrected chi connectivity index (χ1v) is 9.29. The Morgan fingerprint density at radius 3 is 2.72 bits per heavy atom. The summed E-state index contributed by atoms with van der Waals surface area (Å²) in [7, 11) is 0. The maximum atomic E-state index is 6.18. The van der Waals surface area contributed by atoms with Gasteiger partial charge in [0.2, 0.25) is 0 Å². The van der Waals surface area contributed by atoms with Gasteiger partial charge in [-0.2, -0.15) is 0 Å². The van der Waals surface area contributed by atoms with Crippen molar-refractivity contribution in [2.45, 2.75) is 53.6 Å². The van der Waals surface area contributed by atoms with Crippen LogP contribution in [0, 0.1) is 11.8 Å². The fourth-order valence-electron chi connectivity index (χ4n) is 3.18. The van der Waals surface area contributed by atoms with E-state index in [2.05, 4.69) is 65.5 Å². The van der Waals surface area contributed by atoms with Crippen molar-refractivity contribution in [3.63, 3.8) is 0 Å². The molecule has 0 spiro atoms. The average molecular weight is 341 g/mol. The molecule has 1 aromatic rings. The molecule has 2 heteroatoms. The molecule has 1 aliphatic heterocycles. The zero-order valence-electron chi connectivity index (χ0n) is 16.3. The molecule has 2 rings (SSSR count). The molecule has 2 unspecified atom stereocenters. The van der Waals surface area contributed by atoms with E-state index in [0.29, 0.717) is 17.6 Å². The first-order chi connectivity index (χ1) is 11.8. The number of fused-ring (bicyclic) bond motifs is 1. The smallest absolute Gasteiger partial charge is 0.123 e. The maximum Gasteiger partial charge on any atom is 0.123 e. The minimum atomic E-state index is 0.149. The predicted octanol–water partition coefficient (Wildman–Crippen LogP) is 6.18. The summed E-state index contributed by atoms with van der Waals surface area (Å²) in [4.78, 5) is 0. The summed E-state index contributed by atoms with van der Waals surface area (Å²) >= 11 is 0. The summed E-state index contributed by atoms with van der Waals surface area (Å²) in [5, 5.41) is 0. The number of hydrogen-bond donors (Lipinski definition) is 0. The Morgan fingerprint density at radius 2 is 2.04 bits per heavy atom. The SMILES string of the molecule is C=C(/C=C/c1ccc2c(c1)OCC2)OC(CC(C)C)C(C)C=C(C)C. The summed E-state index contributed by atoms with van der Waals surface area (Å²) < 4.78 is 11.8. The highest BCUT2D eigenvalue weighted by Gasteiger charge is 2.19. The second-order valence-corrected chi connectivity index (χ2v) is 7.65. The molecule has 0 radical (unpaired) electrons. The zero-order valence-corrected chi connectivity index (χ0v) is 16.3. The molecule has 0 amide bonds. The number of benzene rings is 1. The third kappa shape index (κ3) is 6.12. The van der Waals surface area contributed by atoms with Gasteiger partial charge in [0.15, 0.2) is 0 Å². The Bertz CT molecular complexity index is 648. The Hall–Kier alpha value is -1.96. The van der Waals surface area contributed by atoms with Gasteiger partial charge < -0.3 is 9.47 Å². The number of rotatable bonds is 8. The lowest BCUT2D eigenvalue weighted by Crippen LogP contribution is -2.22. The topological polar surface area (TPSA) is 18.5 Å². The van der Waals surface area contributed by atoms with E-state index in [1.54, 1.807) is 0 Å². The van der Waals surface area contributed by atoms with Gasteiger partial charge in [0.25, 0.3) is 0 Å². The van der Waals surface area contributed by atoms with Crippen LogP contribution in [0.3, 0.4) is 0 Å². The van der Waals surface area contributed by atoms with Crippen molar-refractivity contribution < 1.29 is 9.47 Å². The summed E-state index contributed by atoms with van der Waals surface area (Å²) in [5.41, 5.74) is 3.73. The van der Waals surface area contributed by atoms with Crippen LogP contribution in [0.2, 0.25) is 0 Å². The average Bonchev–Trinajstić information content (AvgIpc) is 2.98. The molecule has 0 aromatic heterocycles. The van der Waals surface area contributed by atoms with Crippen LogP contribution in [0.4, 0.5) is 0 Å². The van der Waals surface area contributed by atoms with E-state index in [1.807, 2.05) is 12.2 Å². The van der Waals surface area contributed by atoms with E-state index in [-0.39, 0.29) is 6.10 Å². The lowest BCUT2D eigenvalue weighted by Gasteiger charge is -2.25. The molecule has 0 N–H and O–H groups in total. The van der Waals surface area contributed by atoms with Crippen LogP contribution in [0.5, 0.6) is 5.75 Å². The van der Waals surface area contributed by atoms with Crippen molar-refractivity contribution in [1.82, 2.24) is 0 Å². The molecule has 1 aliphatic rings. The molecule has 2 nitrogen and oxygen atoms in total. The highest BCUT2D eigenvalue weighted by molar-refractivity contribution is 5.56. The van der Waals surface area contributed by atoms with Crippen molar-refractivity contribution >= 4 is 6.08 Å². The largest absolute Gasteiger partial charge is 0.493 e. The quantitative estimate of drug-likeness (QED) is 0.319. The molecule has 0 bridgehead atoms. The van der Waals surface area contributed by atoms with E-state index >= 15 is 0 Å². The van der Waals surface area contributed by atoms with E-state index in [1.165, 1.54) is 11.1 Å². The fraction of sp³-hybridized carbons (Fsp3) is 0.478. The van der Waals surface area contributed by atoms with E-state index in [9.17, 15) is 0 Å². The number of allylic oxidation sites excluding steroid dienone is 2. The van der Waals surface area contributed by atoms with Gasteiger partial charge in [-0.15, -0.1) is 0 Å². The van der Waals surface area contributed by atoms with Gasteiger partial charge in [-0.05, 0) is 49.5 Å². The monoisotopic (exact) mass is 340 g/mol. The van der Waals surface area contributed by atoms with E-state index in [0.717, 1.165) is 30.8 Å². The van der Waals surface area contributed by atoms with Gasteiger partial charge >= 0.3 is 0 Å². The summed E-state index contributed by atoms with van der Waals surface area (Å²) in [6.45, 7) is 15.8. The molecule has 1 heterocycles. The standard InChI is InChI=1S/C23H32O2/c1-16(2)13-18(5)22(14-17(3)4)25-19(6)7-8-20-9-10-21-11-12-24-23(21)15-20/h7-10,13,15,17-18,22H,6,11-12,14H2,1-5H3/b8-7+. The van der Waals surface area contributed by atoms with E-state index in [4.69, 9.17) is 9.47 Å². The van der Waals surface area contributed by atoms with Crippen LogP contribution in [-0.4, -0.2) is 12.7 Å². The number of ether oxygens (including phenoxy) is 2. The van der Waals surface area contributed by atoms with Gasteiger partial charge in [-0.25, -0.2) is 0 Å². The molecule has 2 atom stereocenters. The third-order valence-corrected chi connectivity index (χ3v) is 4.37. The maximum absolute atomic E-state index is 6.18. The Morgan fingerprint density at radius 1 is 1.28 bits per heavy atom. The van der Waals surface area contributed by atoms with Crippen LogP contribution < -0.4 is 4.74 Å². The van der Waals surface area contributed by atoms with Crippen LogP contribution >= 0.6 is 0 Å². The van der Waals surface area contributed by atoms with E-state index < -0.39 is 0 Å². The molecular formula is C23H32O2. The van der Waals surface area contributed by atoms with Crippen LogP contribution in [0.25, 0.3) is 6.08 Å². The Kier molecular flexibility index (Phi) is 6.92. The normalized spacial score (nSPS) is 15.6. The molecule has 136 valence electrons. The van der Waals surface area contributed by atoms with Crippen molar-refractivity contribution in [3.8, 4) is 5.75 Å². The number of hydrogen-bond acceptors (Lipinski definition) is 2. The summed E-state index contributed by atoms with van der Waals surface area (Å²) in [6, 6.07) is 6.35.